The number of rotatable bonds is 5. The average molecular weight is 257 g/mol. The molecule has 1 aliphatic carbocycles. The largest absolute Gasteiger partial charge is 0.330 e. The maximum Gasteiger partial charge on any atom is 0.281 e. The summed E-state index contributed by atoms with van der Waals surface area (Å²) in [7, 11) is 0. The minimum Gasteiger partial charge on any atom is -0.330 e. The molecule has 1 rings (SSSR count). The zero-order valence-corrected chi connectivity index (χ0v) is 12.4. The van der Waals surface area contributed by atoms with Crippen molar-refractivity contribution in [1.82, 2.24) is 4.90 Å². The molecular formula is C14H27NOS. The van der Waals surface area contributed by atoms with Crippen LogP contribution in [-0.4, -0.2) is 28.5 Å². The van der Waals surface area contributed by atoms with Crippen molar-refractivity contribution >= 4 is 17.0 Å². The second kappa shape index (κ2) is 8.02. The lowest BCUT2D eigenvalue weighted by Gasteiger charge is -2.38. The van der Waals surface area contributed by atoms with E-state index in [1.165, 1.54) is 43.9 Å². The molecule has 0 bridgehead atoms. The molecule has 2 atom stereocenters. The summed E-state index contributed by atoms with van der Waals surface area (Å²) in [6.45, 7) is 7.52. The minimum atomic E-state index is 0.305. The van der Waals surface area contributed by atoms with Crippen LogP contribution in [-0.2, 0) is 0 Å². The summed E-state index contributed by atoms with van der Waals surface area (Å²) in [6.07, 6.45) is 7.44. The number of unbranched alkanes of at least 4 members (excludes halogenated alkanes) is 1. The van der Waals surface area contributed by atoms with E-state index in [0.29, 0.717) is 17.2 Å². The number of thioether (sulfide) groups is 1. The molecule has 2 unspecified atom stereocenters. The summed E-state index contributed by atoms with van der Waals surface area (Å²) < 4.78 is 0. The highest BCUT2D eigenvalue weighted by molar-refractivity contribution is 8.13. The molecule has 3 heteroatoms. The molecule has 0 aromatic rings. The Kier molecular flexibility index (Phi) is 7.02. The van der Waals surface area contributed by atoms with Gasteiger partial charge in [0.2, 0.25) is 0 Å². The predicted molar refractivity (Wildman–Crippen MR) is 76.6 cm³/mol. The number of hydrogen-bond donors (Lipinski definition) is 0. The van der Waals surface area contributed by atoms with Crippen LogP contribution in [0.3, 0.4) is 0 Å². The Bertz CT molecular complexity index is 232. The molecule has 0 heterocycles. The highest BCUT2D eigenvalue weighted by Crippen LogP contribution is 2.30. The van der Waals surface area contributed by atoms with Gasteiger partial charge in [-0.05, 0) is 30.9 Å². The van der Waals surface area contributed by atoms with E-state index in [1.807, 2.05) is 0 Å². The van der Waals surface area contributed by atoms with E-state index in [0.717, 1.165) is 18.7 Å². The van der Waals surface area contributed by atoms with Crippen molar-refractivity contribution in [2.24, 2.45) is 5.92 Å². The molecule has 0 aromatic heterocycles. The van der Waals surface area contributed by atoms with E-state index in [4.69, 9.17) is 0 Å². The molecule has 1 amide bonds. The molecular weight excluding hydrogens is 230 g/mol. The van der Waals surface area contributed by atoms with Crippen LogP contribution in [0.5, 0.6) is 0 Å². The standard InChI is InChI=1S/C14H27NOS/c1-4-6-11-15(14(16)17-5-2)13-10-8-7-9-12(13)3/h12-13H,4-11H2,1-3H3. The highest BCUT2D eigenvalue weighted by atomic mass is 32.2. The number of nitrogens with zero attached hydrogens (tertiary/aromatic N) is 1. The molecule has 0 aromatic carbocycles. The second-order valence-electron chi connectivity index (χ2n) is 5.07. The first-order chi connectivity index (χ1) is 8.20. The van der Waals surface area contributed by atoms with Crippen LogP contribution < -0.4 is 0 Å². The number of amides is 1. The monoisotopic (exact) mass is 257 g/mol. The van der Waals surface area contributed by atoms with Gasteiger partial charge in [0, 0.05) is 12.6 Å². The van der Waals surface area contributed by atoms with E-state index < -0.39 is 0 Å². The molecule has 0 spiro atoms. The molecule has 1 saturated carbocycles. The maximum atomic E-state index is 12.2. The molecule has 0 saturated heterocycles. The van der Waals surface area contributed by atoms with Gasteiger partial charge in [-0.15, -0.1) is 0 Å². The van der Waals surface area contributed by atoms with Crippen molar-refractivity contribution in [1.29, 1.82) is 0 Å². The molecule has 0 aliphatic heterocycles. The molecule has 17 heavy (non-hydrogen) atoms. The lowest BCUT2D eigenvalue weighted by molar-refractivity contribution is 0.142. The van der Waals surface area contributed by atoms with Gasteiger partial charge in [-0.1, -0.05) is 51.8 Å². The lowest BCUT2D eigenvalue weighted by atomic mass is 9.85. The van der Waals surface area contributed by atoms with Gasteiger partial charge in [-0.25, -0.2) is 0 Å². The van der Waals surface area contributed by atoms with Gasteiger partial charge in [-0.2, -0.15) is 0 Å². The minimum absolute atomic E-state index is 0.305. The zero-order valence-electron chi connectivity index (χ0n) is 11.6. The molecule has 1 fully saturated rings. The molecule has 0 radical (unpaired) electrons. The van der Waals surface area contributed by atoms with Gasteiger partial charge in [0.15, 0.2) is 0 Å². The summed E-state index contributed by atoms with van der Waals surface area (Å²) in [5.74, 6) is 1.57. The van der Waals surface area contributed by atoms with Gasteiger partial charge < -0.3 is 4.90 Å². The van der Waals surface area contributed by atoms with Crippen LogP contribution in [0.1, 0.15) is 59.3 Å². The molecule has 2 nitrogen and oxygen atoms in total. The Morgan fingerprint density at radius 1 is 1.29 bits per heavy atom. The Morgan fingerprint density at radius 2 is 2.00 bits per heavy atom. The third kappa shape index (κ3) is 4.53. The van der Waals surface area contributed by atoms with Crippen molar-refractivity contribution in [2.75, 3.05) is 12.3 Å². The summed E-state index contributed by atoms with van der Waals surface area (Å²) in [6, 6.07) is 0.502. The van der Waals surface area contributed by atoms with E-state index in [-0.39, 0.29) is 0 Å². The SMILES string of the molecule is CCCCN(C(=O)SCC)C1CCCCC1C. The quantitative estimate of drug-likeness (QED) is 0.720. The third-order valence-electron chi connectivity index (χ3n) is 3.72. The zero-order chi connectivity index (χ0) is 12.7. The Labute approximate surface area is 111 Å². The number of hydrogen-bond acceptors (Lipinski definition) is 2. The first-order valence-electron chi connectivity index (χ1n) is 7.14. The van der Waals surface area contributed by atoms with E-state index in [9.17, 15) is 4.79 Å². The topological polar surface area (TPSA) is 20.3 Å². The number of carbonyl (C=O) groups excluding carboxylic acids is 1. The van der Waals surface area contributed by atoms with Crippen LogP contribution >= 0.6 is 11.8 Å². The van der Waals surface area contributed by atoms with Crippen molar-refractivity contribution < 1.29 is 4.79 Å². The van der Waals surface area contributed by atoms with Crippen molar-refractivity contribution in [3.05, 3.63) is 0 Å². The van der Waals surface area contributed by atoms with E-state index in [2.05, 4.69) is 25.7 Å². The lowest BCUT2D eigenvalue weighted by Crippen LogP contribution is -2.44. The smallest absolute Gasteiger partial charge is 0.281 e. The van der Waals surface area contributed by atoms with Crippen LogP contribution in [0.15, 0.2) is 0 Å². The van der Waals surface area contributed by atoms with Gasteiger partial charge in [0.1, 0.15) is 0 Å². The fourth-order valence-corrected chi connectivity index (χ4v) is 3.33. The molecule has 0 N–H and O–H groups in total. The van der Waals surface area contributed by atoms with Crippen LogP contribution in [0.2, 0.25) is 0 Å². The summed E-state index contributed by atoms with van der Waals surface area (Å²) in [5, 5.41) is 0.305. The first-order valence-corrected chi connectivity index (χ1v) is 8.12. The Hall–Kier alpha value is -0.180. The average Bonchev–Trinajstić information content (AvgIpc) is 2.32. The Balaban J connectivity index is 2.62. The van der Waals surface area contributed by atoms with E-state index >= 15 is 0 Å². The Morgan fingerprint density at radius 3 is 2.59 bits per heavy atom. The maximum absolute atomic E-state index is 12.2. The van der Waals surface area contributed by atoms with Crippen molar-refractivity contribution in [2.45, 2.75) is 65.3 Å². The fraction of sp³-hybridized carbons (Fsp3) is 0.929. The second-order valence-corrected chi connectivity index (χ2v) is 6.29. The molecule has 1 aliphatic rings. The van der Waals surface area contributed by atoms with Crippen molar-refractivity contribution in [3.8, 4) is 0 Å². The predicted octanol–water partition coefficient (Wildman–Crippen LogP) is 4.54. The van der Waals surface area contributed by atoms with Crippen LogP contribution in [0, 0.1) is 5.92 Å². The van der Waals surface area contributed by atoms with Gasteiger partial charge in [0.25, 0.3) is 5.24 Å². The normalized spacial score (nSPS) is 24.6. The fourth-order valence-electron chi connectivity index (χ4n) is 2.69. The number of carbonyl (C=O) groups is 1. The summed E-state index contributed by atoms with van der Waals surface area (Å²) in [5.41, 5.74) is 0. The van der Waals surface area contributed by atoms with E-state index in [1.54, 1.807) is 0 Å². The van der Waals surface area contributed by atoms with Gasteiger partial charge in [0.05, 0.1) is 0 Å². The third-order valence-corrected chi connectivity index (χ3v) is 4.49. The van der Waals surface area contributed by atoms with Crippen molar-refractivity contribution in [3.63, 3.8) is 0 Å². The molecule has 100 valence electrons. The van der Waals surface area contributed by atoms with Crippen LogP contribution in [0.25, 0.3) is 0 Å². The summed E-state index contributed by atoms with van der Waals surface area (Å²) in [4.78, 5) is 14.4. The van der Waals surface area contributed by atoms with Crippen LogP contribution in [0.4, 0.5) is 4.79 Å². The summed E-state index contributed by atoms with van der Waals surface area (Å²) >= 11 is 1.47. The van der Waals surface area contributed by atoms with Gasteiger partial charge in [-0.3, -0.25) is 4.79 Å². The highest BCUT2D eigenvalue weighted by Gasteiger charge is 2.29. The van der Waals surface area contributed by atoms with Gasteiger partial charge >= 0.3 is 0 Å². The first kappa shape index (κ1) is 14.9.